The normalized spacial score (nSPS) is 12.1. The van der Waals surface area contributed by atoms with Crippen LogP contribution in [-0.4, -0.2) is 6.61 Å². The number of ether oxygens (including phenoxy) is 1. The van der Waals surface area contributed by atoms with Crippen molar-refractivity contribution in [3.05, 3.63) is 65.2 Å². The summed E-state index contributed by atoms with van der Waals surface area (Å²) in [5.41, 5.74) is 6.55. The van der Waals surface area contributed by atoms with Crippen molar-refractivity contribution < 1.29 is 4.74 Å². The first kappa shape index (κ1) is 15.5. The summed E-state index contributed by atoms with van der Waals surface area (Å²) in [4.78, 5) is 0. The molecular formula is C18H24N2O. The highest BCUT2D eigenvalue weighted by atomic mass is 16.5. The Balaban J connectivity index is 2.30. The van der Waals surface area contributed by atoms with Gasteiger partial charge in [0.25, 0.3) is 0 Å². The van der Waals surface area contributed by atoms with Crippen LogP contribution in [0.3, 0.4) is 0 Å². The van der Waals surface area contributed by atoms with Gasteiger partial charge in [0, 0.05) is 0 Å². The average molecular weight is 284 g/mol. The minimum Gasteiger partial charge on any atom is -0.494 e. The molecule has 0 radical (unpaired) electrons. The molecule has 0 aromatic heterocycles. The maximum absolute atomic E-state index is 5.79. The molecule has 0 saturated carbocycles. The molecule has 2 aromatic rings. The van der Waals surface area contributed by atoms with Gasteiger partial charge < -0.3 is 4.74 Å². The fraction of sp³-hybridized carbons (Fsp3) is 0.333. The summed E-state index contributed by atoms with van der Waals surface area (Å²) in [5, 5.41) is 0. The molecule has 0 spiro atoms. The van der Waals surface area contributed by atoms with Crippen molar-refractivity contribution >= 4 is 0 Å². The lowest BCUT2D eigenvalue weighted by molar-refractivity contribution is 0.339. The molecule has 1 unspecified atom stereocenters. The number of hydrazine groups is 1. The number of benzene rings is 2. The van der Waals surface area contributed by atoms with E-state index in [0.29, 0.717) is 6.61 Å². The zero-order chi connectivity index (χ0) is 15.1. The van der Waals surface area contributed by atoms with E-state index in [1.807, 2.05) is 25.1 Å². The first-order valence-electron chi connectivity index (χ1n) is 7.56. The molecule has 1 atom stereocenters. The van der Waals surface area contributed by atoms with Crippen molar-refractivity contribution in [1.82, 2.24) is 5.43 Å². The van der Waals surface area contributed by atoms with Gasteiger partial charge in [0.2, 0.25) is 0 Å². The first-order valence-corrected chi connectivity index (χ1v) is 7.56. The third-order valence-electron chi connectivity index (χ3n) is 3.49. The van der Waals surface area contributed by atoms with Crippen LogP contribution in [0.15, 0.2) is 48.5 Å². The first-order chi connectivity index (χ1) is 10.3. The Kier molecular flexibility index (Phi) is 5.78. The van der Waals surface area contributed by atoms with E-state index in [0.717, 1.165) is 24.2 Å². The molecule has 112 valence electrons. The molecule has 0 fully saturated rings. The van der Waals surface area contributed by atoms with Gasteiger partial charge in [-0.2, -0.15) is 0 Å². The van der Waals surface area contributed by atoms with E-state index in [1.54, 1.807) is 0 Å². The Hall–Kier alpha value is -1.84. The highest BCUT2D eigenvalue weighted by Crippen LogP contribution is 2.25. The van der Waals surface area contributed by atoms with Gasteiger partial charge in [-0.15, -0.1) is 0 Å². The second-order valence-electron chi connectivity index (χ2n) is 5.10. The van der Waals surface area contributed by atoms with Crippen LogP contribution < -0.4 is 16.0 Å². The number of hydrogen-bond acceptors (Lipinski definition) is 3. The van der Waals surface area contributed by atoms with E-state index in [2.05, 4.69) is 42.7 Å². The average Bonchev–Trinajstić information content (AvgIpc) is 2.50. The van der Waals surface area contributed by atoms with Gasteiger partial charge in [-0.1, -0.05) is 49.7 Å². The van der Waals surface area contributed by atoms with Gasteiger partial charge in [-0.25, -0.2) is 5.43 Å². The molecule has 0 heterocycles. The molecule has 0 aliphatic carbocycles. The smallest absolute Gasteiger partial charge is 0.119 e. The summed E-state index contributed by atoms with van der Waals surface area (Å²) in [7, 11) is 0. The van der Waals surface area contributed by atoms with Gasteiger partial charge in [-0.05, 0) is 42.2 Å². The zero-order valence-electron chi connectivity index (χ0n) is 12.8. The standard InChI is InChI=1S/C18H24N2O/c1-3-7-14-8-5-9-15(12-14)18(20-19)16-10-6-11-17(13-16)21-4-2/h5-6,8-13,18,20H,3-4,7,19H2,1-2H3. The van der Waals surface area contributed by atoms with Crippen molar-refractivity contribution in [2.24, 2.45) is 5.84 Å². The van der Waals surface area contributed by atoms with Crippen LogP contribution in [0.5, 0.6) is 5.75 Å². The van der Waals surface area contributed by atoms with Crippen LogP contribution in [0.2, 0.25) is 0 Å². The van der Waals surface area contributed by atoms with Crippen molar-refractivity contribution in [1.29, 1.82) is 0 Å². The van der Waals surface area contributed by atoms with E-state index < -0.39 is 0 Å². The fourth-order valence-electron chi connectivity index (χ4n) is 2.55. The molecule has 0 amide bonds. The highest BCUT2D eigenvalue weighted by molar-refractivity contribution is 5.38. The minimum absolute atomic E-state index is 0.0257. The fourth-order valence-corrected chi connectivity index (χ4v) is 2.55. The van der Waals surface area contributed by atoms with E-state index in [1.165, 1.54) is 11.1 Å². The Morgan fingerprint density at radius 2 is 1.76 bits per heavy atom. The van der Waals surface area contributed by atoms with Crippen LogP contribution in [0.1, 0.15) is 43.0 Å². The van der Waals surface area contributed by atoms with E-state index in [9.17, 15) is 0 Å². The molecule has 2 aromatic carbocycles. The lowest BCUT2D eigenvalue weighted by Gasteiger charge is -2.18. The van der Waals surface area contributed by atoms with Crippen molar-refractivity contribution in [3.63, 3.8) is 0 Å². The summed E-state index contributed by atoms with van der Waals surface area (Å²) < 4.78 is 5.57. The lowest BCUT2D eigenvalue weighted by atomic mass is 9.96. The van der Waals surface area contributed by atoms with Crippen LogP contribution in [-0.2, 0) is 6.42 Å². The third kappa shape index (κ3) is 4.06. The van der Waals surface area contributed by atoms with Gasteiger partial charge in [0.15, 0.2) is 0 Å². The SMILES string of the molecule is CCCc1cccc(C(NN)c2cccc(OCC)c2)c1. The summed E-state index contributed by atoms with van der Waals surface area (Å²) in [6.07, 6.45) is 2.23. The molecule has 0 bridgehead atoms. The van der Waals surface area contributed by atoms with Crippen LogP contribution in [0.4, 0.5) is 0 Å². The number of nitrogens with one attached hydrogen (secondary N) is 1. The predicted octanol–water partition coefficient (Wildman–Crippen LogP) is 3.59. The largest absolute Gasteiger partial charge is 0.494 e. The summed E-state index contributed by atoms with van der Waals surface area (Å²) in [5.74, 6) is 6.67. The zero-order valence-corrected chi connectivity index (χ0v) is 12.8. The second kappa shape index (κ2) is 7.81. The Labute approximate surface area is 127 Å². The molecule has 3 heteroatoms. The van der Waals surface area contributed by atoms with Crippen LogP contribution in [0.25, 0.3) is 0 Å². The molecule has 0 aliphatic heterocycles. The molecular weight excluding hydrogens is 260 g/mol. The third-order valence-corrected chi connectivity index (χ3v) is 3.49. The monoisotopic (exact) mass is 284 g/mol. The van der Waals surface area contributed by atoms with Crippen LogP contribution >= 0.6 is 0 Å². The summed E-state index contributed by atoms with van der Waals surface area (Å²) >= 11 is 0. The molecule has 3 nitrogen and oxygen atoms in total. The topological polar surface area (TPSA) is 47.3 Å². The van der Waals surface area contributed by atoms with Gasteiger partial charge >= 0.3 is 0 Å². The molecule has 0 aliphatic rings. The van der Waals surface area contributed by atoms with E-state index in [4.69, 9.17) is 10.6 Å². The maximum Gasteiger partial charge on any atom is 0.119 e. The summed E-state index contributed by atoms with van der Waals surface area (Å²) in [6, 6.07) is 16.6. The molecule has 0 saturated heterocycles. The van der Waals surface area contributed by atoms with Crippen molar-refractivity contribution in [3.8, 4) is 5.75 Å². The number of nitrogens with two attached hydrogens (primary N) is 1. The minimum atomic E-state index is -0.0257. The van der Waals surface area contributed by atoms with E-state index in [-0.39, 0.29) is 6.04 Å². The number of aryl methyl sites for hydroxylation is 1. The summed E-state index contributed by atoms with van der Waals surface area (Å²) in [6.45, 7) is 4.84. The van der Waals surface area contributed by atoms with Crippen molar-refractivity contribution in [2.75, 3.05) is 6.61 Å². The Morgan fingerprint density at radius 3 is 2.43 bits per heavy atom. The molecule has 2 rings (SSSR count). The second-order valence-corrected chi connectivity index (χ2v) is 5.10. The lowest BCUT2D eigenvalue weighted by Crippen LogP contribution is -2.28. The maximum atomic E-state index is 5.79. The van der Waals surface area contributed by atoms with Crippen LogP contribution in [0, 0.1) is 0 Å². The predicted molar refractivity (Wildman–Crippen MR) is 87.2 cm³/mol. The molecule has 21 heavy (non-hydrogen) atoms. The molecule has 3 N–H and O–H groups in total. The Bertz CT molecular complexity index is 519. The van der Waals surface area contributed by atoms with Gasteiger partial charge in [0.1, 0.15) is 5.75 Å². The Morgan fingerprint density at radius 1 is 1.05 bits per heavy atom. The highest BCUT2D eigenvalue weighted by Gasteiger charge is 2.13. The quantitative estimate of drug-likeness (QED) is 0.603. The van der Waals surface area contributed by atoms with Crippen molar-refractivity contribution in [2.45, 2.75) is 32.7 Å². The number of rotatable bonds is 7. The van der Waals surface area contributed by atoms with Gasteiger partial charge in [-0.3, -0.25) is 5.84 Å². The van der Waals surface area contributed by atoms with Gasteiger partial charge in [0.05, 0.1) is 12.6 Å². The number of hydrogen-bond donors (Lipinski definition) is 2. The van der Waals surface area contributed by atoms with E-state index >= 15 is 0 Å².